The first-order valence-corrected chi connectivity index (χ1v) is 5.40. The van der Waals surface area contributed by atoms with Gasteiger partial charge in [-0.1, -0.05) is 6.07 Å². The summed E-state index contributed by atoms with van der Waals surface area (Å²) in [6.45, 7) is 1.71. The lowest BCUT2D eigenvalue weighted by Crippen LogP contribution is -2.26. The zero-order valence-electron chi connectivity index (χ0n) is 9.81. The van der Waals surface area contributed by atoms with Crippen LogP contribution >= 0.6 is 0 Å². The van der Waals surface area contributed by atoms with Gasteiger partial charge in [0, 0.05) is 18.7 Å². The van der Waals surface area contributed by atoms with Crippen molar-refractivity contribution in [3.8, 4) is 0 Å². The summed E-state index contributed by atoms with van der Waals surface area (Å²) in [4.78, 5) is 16.0. The van der Waals surface area contributed by atoms with Crippen LogP contribution in [0.15, 0.2) is 36.5 Å². The Morgan fingerprint density at radius 2 is 2.18 bits per heavy atom. The fraction of sp³-hybridized carbons (Fsp3) is 0.231. The molecule has 1 heterocycles. The lowest BCUT2D eigenvalue weighted by molar-refractivity contribution is -0.124. The van der Waals surface area contributed by atoms with Gasteiger partial charge in [-0.25, -0.2) is 0 Å². The second-order valence-corrected chi connectivity index (χ2v) is 3.74. The number of hydrogen-bond donors (Lipinski definition) is 1. The molecule has 2 rings (SSSR count). The minimum absolute atomic E-state index is 0.163. The van der Waals surface area contributed by atoms with Crippen LogP contribution in [0, 0.1) is 0 Å². The van der Waals surface area contributed by atoms with Crippen molar-refractivity contribution in [2.75, 3.05) is 12.4 Å². The van der Waals surface area contributed by atoms with Gasteiger partial charge in [0.15, 0.2) is 0 Å². The maximum Gasteiger partial charge on any atom is 0.253 e. The van der Waals surface area contributed by atoms with Gasteiger partial charge in [0.1, 0.15) is 6.10 Å². The molecule has 4 nitrogen and oxygen atoms in total. The molecule has 88 valence electrons. The zero-order chi connectivity index (χ0) is 12.3. The van der Waals surface area contributed by atoms with Gasteiger partial charge in [-0.3, -0.25) is 9.78 Å². The Balaban J connectivity index is 2.33. The third-order valence-corrected chi connectivity index (χ3v) is 2.63. The average Bonchev–Trinajstić information content (AvgIpc) is 2.38. The number of anilines is 1. The van der Waals surface area contributed by atoms with Gasteiger partial charge >= 0.3 is 0 Å². The minimum Gasteiger partial charge on any atom is -0.372 e. The number of ether oxygens (including phenoxy) is 1. The topological polar surface area (TPSA) is 51.2 Å². The average molecular weight is 230 g/mol. The second-order valence-electron chi connectivity index (χ2n) is 3.74. The molecule has 17 heavy (non-hydrogen) atoms. The molecule has 4 heteroatoms. The summed E-state index contributed by atoms with van der Waals surface area (Å²) in [7, 11) is 1.51. The van der Waals surface area contributed by atoms with Crippen molar-refractivity contribution in [1.82, 2.24) is 4.98 Å². The van der Waals surface area contributed by atoms with Crippen molar-refractivity contribution in [2.45, 2.75) is 13.0 Å². The van der Waals surface area contributed by atoms with E-state index in [0.717, 1.165) is 16.6 Å². The van der Waals surface area contributed by atoms with Gasteiger partial charge < -0.3 is 10.1 Å². The molecule has 1 N–H and O–H groups in total. The molecule has 0 radical (unpaired) electrons. The maximum absolute atomic E-state index is 11.7. The van der Waals surface area contributed by atoms with Crippen LogP contribution in [0.2, 0.25) is 0 Å². The van der Waals surface area contributed by atoms with Crippen LogP contribution in [0.4, 0.5) is 5.69 Å². The molecule has 1 unspecified atom stereocenters. The molecule has 0 saturated heterocycles. The SMILES string of the molecule is COC(C)C(=O)Nc1cccc2ncccc12. The maximum atomic E-state index is 11.7. The largest absolute Gasteiger partial charge is 0.372 e. The summed E-state index contributed by atoms with van der Waals surface area (Å²) in [5.41, 5.74) is 1.61. The molecule has 1 atom stereocenters. The van der Waals surface area contributed by atoms with E-state index in [4.69, 9.17) is 4.74 Å². The third-order valence-electron chi connectivity index (χ3n) is 2.63. The van der Waals surface area contributed by atoms with Crippen LogP contribution in [0.3, 0.4) is 0 Å². The molecule has 0 saturated carbocycles. The molecule has 1 aromatic heterocycles. The van der Waals surface area contributed by atoms with Crippen LogP contribution in [0.25, 0.3) is 10.9 Å². The highest BCUT2D eigenvalue weighted by atomic mass is 16.5. The van der Waals surface area contributed by atoms with Crippen molar-refractivity contribution in [3.63, 3.8) is 0 Å². The van der Waals surface area contributed by atoms with Gasteiger partial charge in [-0.2, -0.15) is 0 Å². The Morgan fingerprint density at radius 1 is 1.35 bits per heavy atom. The number of carbonyl (C=O) groups excluding carboxylic acids is 1. The number of pyridine rings is 1. The smallest absolute Gasteiger partial charge is 0.253 e. The monoisotopic (exact) mass is 230 g/mol. The van der Waals surface area contributed by atoms with Gasteiger partial charge in [0.05, 0.1) is 11.2 Å². The molecule has 0 bridgehead atoms. The van der Waals surface area contributed by atoms with Crippen LogP contribution in [-0.4, -0.2) is 24.1 Å². The molecular formula is C13H14N2O2. The van der Waals surface area contributed by atoms with E-state index in [2.05, 4.69) is 10.3 Å². The lowest BCUT2D eigenvalue weighted by Gasteiger charge is -2.11. The van der Waals surface area contributed by atoms with E-state index in [0.29, 0.717) is 0 Å². The number of amides is 1. The summed E-state index contributed by atoms with van der Waals surface area (Å²) in [5.74, 6) is -0.163. The number of aromatic nitrogens is 1. The number of benzene rings is 1. The summed E-state index contributed by atoms with van der Waals surface area (Å²) in [5, 5.41) is 3.75. The Bertz CT molecular complexity index is 534. The highest BCUT2D eigenvalue weighted by Gasteiger charge is 2.12. The lowest BCUT2D eigenvalue weighted by atomic mass is 10.2. The first-order valence-electron chi connectivity index (χ1n) is 5.40. The van der Waals surface area contributed by atoms with E-state index < -0.39 is 6.10 Å². The number of rotatable bonds is 3. The van der Waals surface area contributed by atoms with Crippen molar-refractivity contribution >= 4 is 22.5 Å². The van der Waals surface area contributed by atoms with E-state index >= 15 is 0 Å². The van der Waals surface area contributed by atoms with E-state index in [1.807, 2.05) is 30.3 Å². The Kier molecular flexibility index (Phi) is 3.35. The van der Waals surface area contributed by atoms with Gasteiger partial charge in [0.25, 0.3) is 5.91 Å². The molecular weight excluding hydrogens is 216 g/mol. The standard InChI is InChI=1S/C13H14N2O2/c1-9(17-2)13(16)15-12-7-3-6-11-10(12)5-4-8-14-11/h3-9H,1-2H3,(H,15,16). The number of carbonyl (C=O) groups is 1. The van der Waals surface area contributed by atoms with Gasteiger partial charge in [0.2, 0.25) is 0 Å². The van der Waals surface area contributed by atoms with Crippen LogP contribution in [0.1, 0.15) is 6.92 Å². The fourth-order valence-corrected chi connectivity index (χ4v) is 1.55. The predicted molar refractivity (Wildman–Crippen MR) is 66.8 cm³/mol. The number of hydrogen-bond acceptors (Lipinski definition) is 3. The third kappa shape index (κ3) is 2.42. The van der Waals surface area contributed by atoms with Gasteiger partial charge in [-0.15, -0.1) is 0 Å². The molecule has 0 aliphatic heterocycles. The van der Waals surface area contributed by atoms with Crippen molar-refractivity contribution in [3.05, 3.63) is 36.5 Å². The van der Waals surface area contributed by atoms with Crippen molar-refractivity contribution in [1.29, 1.82) is 0 Å². The summed E-state index contributed by atoms with van der Waals surface area (Å²) in [6.07, 6.45) is 1.26. The number of fused-ring (bicyclic) bond motifs is 1. The highest BCUT2D eigenvalue weighted by molar-refractivity contribution is 6.02. The normalized spacial score (nSPS) is 12.4. The first kappa shape index (κ1) is 11.5. The molecule has 2 aromatic rings. The molecule has 1 amide bonds. The quantitative estimate of drug-likeness (QED) is 0.879. The van der Waals surface area contributed by atoms with Crippen LogP contribution in [-0.2, 0) is 9.53 Å². The predicted octanol–water partition coefficient (Wildman–Crippen LogP) is 2.21. The molecule has 0 aliphatic rings. The number of nitrogens with one attached hydrogen (secondary N) is 1. The highest BCUT2D eigenvalue weighted by Crippen LogP contribution is 2.21. The zero-order valence-corrected chi connectivity index (χ0v) is 9.81. The molecule has 0 fully saturated rings. The van der Waals surface area contributed by atoms with Crippen molar-refractivity contribution in [2.24, 2.45) is 0 Å². The number of nitrogens with zero attached hydrogens (tertiary/aromatic N) is 1. The van der Waals surface area contributed by atoms with E-state index in [1.54, 1.807) is 13.1 Å². The summed E-state index contributed by atoms with van der Waals surface area (Å²) >= 11 is 0. The van der Waals surface area contributed by atoms with Crippen LogP contribution in [0.5, 0.6) is 0 Å². The van der Waals surface area contributed by atoms with Crippen molar-refractivity contribution < 1.29 is 9.53 Å². The Labute approximate surface area is 99.6 Å². The fourth-order valence-electron chi connectivity index (χ4n) is 1.55. The van der Waals surface area contributed by atoms with E-state index in [9.17, 15) is 4.79 Å². The van der Waals surface area contributed by atoms with E-state index in [-0.39, 0.29) is 5.91 Å². The Hall–Kier alpha value is -1.94. The Morgan fingerprint density at radius 3 is 2.94 bits per heavy atom. The number of methoxy groups -OCH3 is 1. The summed E-state index contributed by atoms with van der Waals surface area (Å²) < 4.78 is 4.97. The molecule has 0 aliphatic carbocycles. The first-order chi connectivity index (χ1) is 8.22. The second kappa shape index (κ2) is 4.93. The molecule has 1 aromatic carbocycles. The molecule has 0 spiro atoms. The minimum atomic E-state index is -0.470. The van der Waals surface area contributed by atoms with Gasteiger partial charge in [-0.05, 0) is 31.2 Å². The summed E-state index contributed by atoms with van der Waals surface area (Å²) in [6, 6.07) is 9.39. The van der Waals surface area contributed by atoms with E-state index in [1.165, 1.54) is 7.11 Å². The van der Waals surface area contributed by atoms with Crippen LogP contribution < -0.4 is 5.32 Å².